The summed E-state index contributed by atoms with van der Waals surface area (Å²) >= 11 is 12.5. The molecular weight excluding hydrogens is 461 g/mol. The molecule has 0 saturated carbocycles. The molecule has 0 aromatic heterocycles. The highest BCUT2D eigenvalue weighted by Gasteiger charge is 2.66. The van der Waals surface area contributed by atoms with Gasteiger partial charge in [-0.15, -0.1) is 0 Å². The number of nitrogens with two attached hydrogens (primary N) is 1. The minimum absolute atomic E-state index is 0.0280. The molecule has 33 heavy (non-hydrogen) atoms. The maximum atomic E-state index is 14.4. The monoisotopic (exact) mass is 483 g/mol. The molecule has 3 aliphatic rings. The summed E-state index contributed by atoms with van der Waals surface area (Å²) < 4.78 is 5.88. The number of hydrogen-bond acceptors (Lipinski definition) is 6. The predicted octanol–water partition coefficient (Wildman–Crippen LogP) is 3.72. The van der Waals surface area contributed by atoms with Gasteiger partial charge in [-0.3, -0.25) is 10.2 Å². The van der Waals surface area contributed by atoms with Gasteiger partial charge in [0.2, 0.25) is 11.8 Å². The summed E-state index contributed by atoms with van der Waals surface area (Å²) in [6, 6.07) is 14.9. The Morgan fingerprint density at radius 2 is 2.03 bits per heavy atom. The van der Waals surface area contributed by atoms with Crippen molar-refractivity contribution in [2.45, 2.75) is 44.0 Å². The summed E-state index contributed by atoms with van der Waals surface area (Å²) in [5, 5.41) is 11.2. The van der Waals surface area contributed by atoms with Crippen molar-refractivity contribution in [1.29, 1.82) is 5.26 Å². The summed E-state index contributed by atoms with van der Waals surface area (Å²) in [6.07, 6.45) is 1.16. The minimum atomic E-state index is -1.27. The molecule has 1 amide bonds. The second-order valence-corrected chi connectivity index (χ2v) is 9.39. The summed E-state index contributed by atoms with van der Waals surface area (Å²) in [5.41, 5.74) is 13.8. The van der Waals surface area contributed by atoms with E-state index in [2.05, 4.69) is 23.8 Å². The number of nitrogens with one attached hydrogen (secondary N) is 2. The number of ether oxygens (including phenoxy) is 1. The fourth-order valence-corrected chi connectivity index (χ4v) is 5.96. The maximum absolute atomic E-state index is 14.4. The van der Waals surface area contributed by atoms with Gasteiger partial charge in [-0.25, -0.2) is 5.43 Å². The number of nitriles is 1. The summed E-state index contributed by atoms with van der Waals surface area (Å²) in [6.45, 7) is 2.32. The average Bonchev–Trinajstić information content (AvgIpc) is 3.29. The van der Waals surface area contributed by atoms with E-state index in [9.17, 15) is 10.1 Å². The predicted molar refractivity (Wildman–Crippen MR) is 126 cm³/mol. The number of rotatable bonds is 4. The van der Waals surface area contributed by atoms with E-state index in [0.717, 1.165) is 29.7 Å². The fourth-order valence-electron chi connectivity index (χ4n) is 5.49. The van der Waals surface area contributed by atoms with Gasteiger partial charge in [0.05, 0.1) is 12.5 Å². The highest BCUT2D eigenvalue weighted by atomic mass is 35.5. The highest BCUT2D eigenvalue weighted by molar-refractivity contribution is 6.35. The molecular formula is C24H23Cl2N5O2. The Morgan fingerprint density at radius 1 is 1.24 bits per heavy atom. The molecule has 7 nitrogen and oxygen atoms in total. The molecule has 0 radical (unpaired) electrons. The van der Waals surface area contributed by atoms with E-state index in [0.29, 0.717) is 10.0 Å². The van der Waals surface area contributed by atoms with Gasteiger partial charge >= 0.3 is 0 Å². The lowest BCUT2D eigenvalue weighted by molar-refractivity contribution is -0.127. The van der Waals surface area contributed by atoms with Crippen molar-refractivity contribution in [1.82, 2.24) is 10.9 Å². The molecule has 0 aliphatic carbocycles. The molecule has 4 atom stereocenters. The van der Waals surface area contributed by atoms with Crippen LogP contribution in [0.15, 0.2) is 53.9 Å². The van der Waals surface area contributed by atoms with E-state index in [1.807, 2.05) is 30.3 Å². The third kappa shape index (κ3) is 3.13. The molecule has 4 unspecified atom stereocenters. The van der Waals surface area contributed by atoms with Crippen molar-refractivity contribution in [2.75, 3.05) is 4.90 Å². The van der Waals surface area contributed by atoms with E-state index < -0.39 is 11.6 Å². The molecule has 1 saturated heterocycles. The standard InChI is InChI=1S/C24H23Cl2N5O2/c1-2-5-18-20-22(30-29-18)33-21(28)16(11-27)24(20)15-6-3-4-7-19(15)31(23(24)32)12-13-8-9-14(25)10-17(13)26/h3-4,6-10,18,20,22,29-30H,2,5,12,28H2,1H3. The number of para-hydroxylation sites is 1. The number of carbonyl (C=O) groups excluding carboxylic acids is 1. The number of fused-ring (bicyclic) bond motifs is 4. The van der Waals surface area contributed by atoms with Gasteiger partial charge in [-0.05, 0) is 35.7 Å². The van der Waals surface area contributed by atoms with Gasteiger partial charge in [0, 0.05) is 21.8 Å². The van der Waals surface area contributed by atoms with E-state index in [1.54, 1.807) is 17.0 Å². The van der Waals surface area contributed by atoms with Crippen molar-refractivity contribution in [3.63, 3.8) is 0 Å². The molecule has 0 bridgehead atoms. The smallest absolute Gasteiger partial charge is 0.244 e. The van der Waals surface area contributed by atoms with Crippen LogP contribution in [0.5, 0.6) is 0 Å². The molecule has 1 fully saturated rings. The average molecular weight is 484 g/mol. The third-order valence-corrected chi connectivity index (χ3v) is 7.41. The van der Waals surface area contributed by atoms with Gasteiger partial charge < -0.3 is 15.4 Å². The lowest BCUT2D eigenvalue weighted by atomic mass is 9.62. The number of hydrogen-bond donors (Lipinski definition) is 3. The molecule has 9 heteroatoms. The number of carbonyl (C=O) groups is 1. The van der Waals surface area contributed by atoms with Crippen molar-refractivity contribution >= 4 is 34.8 Å². The molecule has 2 aromatic rings. The van der Waals surface area contributed by atoms with Crippen LogP contribution in [0, 0.1) is 17.2 Å². The van der Waals surface area contributed by atoms with Crippen molar-refractivity contribution in [2.24, 2.45) is 11.7 Å². The third-order valence-electron chi connectivity index (χ3n) is 6.82. The second-order valence-electron chi connectivity index (χ2n) is 8.55. The lowest BCUT2D eigenvalue weighted by Crippen LogP contribution is -2.57. The zero-order chi connectivity index (χ0) is 23.3. The molecule has 170 valence electrons. The van der Waals surface area contributed by atoms with Crippen molar-refractivity contribution in [3.05, 3.63) is 75.1 Å². The Hall–Kier alpha value is -2.76. The van der Waals surface area contributed by atoms with E-state index >= 15 is 0 Å². The van der Waals surface area contributed by atoms with E-state index in [1.165, 1.54) is 0 Å². The number of halogens is 2. The quantitative estimate of drug-likeness (QED) is 0.612. The molecule has 3 aliphatic heterocycles. The number of anilines is 1. The van der Waals surface area contributed by atoms with Crippen LogP contribution in [-0.2, 0) is 21.5 Å². The molecule has 3 heterocycles. The number of amides is 1. The number of nitrogens with zero attached hydrogens (tertiary/aromatic N) is 2. The Kier molecular flexibility index (Phi) is 5.50. The summed E-state index contributed by atoms with van der Waals surface area (Å²) in [4.78, 5) is 16.1. The van der Waals surface area contributed by atoms with Crippen LogP contribution in [0.25, 0.3) is 0 Å². The van der Waals surface area contributed by atoms with Crippen LogP contribution in [0.4, 0.5) is 5.69 Å². The zero-order valence-corrected chi connectivity index (χ0v) is 19.5. The maximum Gasteiger partial charge on any atom is 0.244 e. The van der Waals surface area contributed by atoms with Gasteiger partial charge in [0.1, 0.15) is 17.1 Å². The van der Waals surface area contributed by atoms with Gasteiger partial charge in [0.25, 0.3) is 0 Å². The Morgan fingerprint density at radius 3 is 2.76 bits per heavy atom. The first-order chi connectivity index (χ1) is 15.9. The highest BCUT2D eigenvalue weighted by Crippen LogP contribution is 2.56. The normalized spacial score (nSPS) is 28.0. The molecule has 5 rings (SSSR count). The summed E-state index contributed by atoms with van der Waals surface area (Å²) in [5.74, 6) is -0.599. The van der Waals surface area contributed by atoms with Crippen LogP contribution in [-0.4, -0.2) is 18.2 Å². The Balaban J connectivity index is 1.71. The van der Waals surface area contributed by atoms with Crippen molar-refractivity contribution in [3.8, 4) is 6.07 Å². The van der Waals surface area contributed by atoms with Crippen LogP contribution >= 0.6 is 23.2 Å². The molecule has 1 spiro atoms. The SMILES string of the molecule is CCCC1NNC2OC(N)=C(C#N)C3(C(=O)N(Cc4ccc(Cl)cc4Cl)c4ccccc43)C12. The second kappa shape index (κ2) is 8.23. The zero-order valence-electron chi connectivity index (χ0n) is 17.9. The van der Waals surface area contributed by atoms with Crippen molar-refractivity contribution < 1.29 is 9.53 Å². The lowest BCUT2D eigenvalue weighted by Gasteiger charge is -2.42. The number of hydrazine groups is 1. The van der Waals surface area contributed by atoms with Gasteiger partial charge in [-0.1, -0.05) is 60.8 Å². The van der Waals surface area contributed by atoms with E-state index in [-0.39, 0.29) is 35.9 Å². The first-order valence-electron chi connectivity index (χ1n) is 10.9. The van der Waals surface area contributed by atoms with Gasteiger partial charge in [-0.2, -0.15) is 5.26 Å². The topological polar surface area (TPSA) is 103 Å². The van der Waals surface area contributed by atoms with Gasteiger partial charge in [0.15, 0.2) is 6.23 Å². The fraction of sp³-hybridized carbons (Fsp3) is 0.333. The van der Waals surface area contributed by atoms with Crippen LogP contribution < -0.4 is 21.5 Å². The van der Waals surface area contributed by atoms with E-state index in [4.69, 9.17) is 33.7 Å². The summed E-state index contributed by atoms with van der Waals surface area (Å²) in [7, 11) is 0. The van der Waals surface area contributed by atoms with Crippen LogP contribution in [0.3, 0.4) is 0 Å². The first kappa shape index (κ1) is 22.1. The van der Waals surface area contributed by atoms with Crippen LogP contribution in [0.1, 0.15) is 30.9 Å². The van der Waals surface area contributed by atoms with Crippen LogP contribution in [0.2, 0.25) is 10.0 Å². The Bertz CT molecular complexity index is 1210. The first-order valence-corrected chi connectivity index (χ1v) is 11.6. The Labute approximate surface area is 202 Å². The molecule has 2 aromatic carbocycles. The largest absolute Gasteiger partial charge is 0.458 e. The minimum Gasteiger partial charge on any atom is -0.458 e. The molecule has 4 N–H and O–H groups in total. The number of benzene rings is 2.